The van der Waals surface area contributed by atoms with Crippen LogP contribution in [0.1, 0.15) is 23.4 Å². The Kier molecular flexibility index (Phi) is 2.99. The first kappa shape index (κ1) is 8.93. The van der Waals surface area contributed by atoms with E-state index in [2.05, 4.69) is 4.98 Å². The van der Waals surface area contributed by atoms with E-state index in [-0.39, 0.29) is 5.78 Å². The summed E-state index contributed by atoms with van der Waals surface area (Å²) in [7, 11) is 1.61. The van der Waals surface area contributed by atoms with Crippen molar-refractivity contribution >= 4 is 5.78 Å². The first-order valence-electron chi connectivity index (χ1n) is 3.68. The second-order valence-electron chi connectivity index (χ2n) is 2.42. The van der Waals surface area contributed by atoms with E-state index in [9.17, 15) is 4.79 Å². The maximum Gasteiger partial charge on any atom is 0.197 e. The molecular weight excluding hydrogens is 158 g/mol. The molecule has 0 saturated carbocycles. The first-order chi connectivity index (χ1) is 5.74. The van der Waals surface area contributed by atoms with E-state index in [1.807, 2.05) is 0 Å². The predicted octanol–water partition coefficient (Wildman–Crippen LogP) is 1.07. The number of ketones is 1. The van der Waals surface area contributed by atoms with Crippen molar-refractivity contribution in [1.82, 2.24) is 4.98 Å². The van der Waals surface area contributed by atoms with Crippen molar-refractivity contribution in [3.05, 3.63) is 17.8 Å². The van der Waals surface area contributed by atoms with E-state index in [1.165, 1.54) is 13.1 Å². The Bertz CT molecular complexity index is 267. The molecule has 12 heavy (non-hydrogen) atoms. The van der Waals surface area contributed by atoms with Crippen LogP contribution in [0.3, 0.4) is 0 Å². The largest absolute Gasteiger partial charge is 0.438 e. The number of Topliss-reactive ketones (excluding diaryl/α,β-unsaturated/α-hetero) is 1. The van der Waals surface area contributed by atoms with E-state index in [0.29, 0.717) is 24.7 Å². The smallest absolute Gasteiger partial charge is 0.197 e. The molecule has 0 spiro atoms. The lowest BCUT2D eigenvalue weighted by molar-refractivity contribution is 0.0984. The zero-order valence-electron chi connectivity index (χ0n) is 7.16. The molecule has 1 heterocycles. The van der Waals surface area contributed by atoms with Gasteiger partial charge in [-0.05, 0) is 0 Å². The summed E-state index contributed by atoms with van der Waals surface area (Å²) in [6.07, 6.45) is 2.04. The lowest BCUT2D eigenvalue weighted by Gasteiger charge is -1.92. The van der Waals surface area contributed by atoms with Crippen LogP contribution in [0.25, 0.3) is 0 Å². The van der Waals surface area contributed by atoms with Crippen molar-refractivity contribution < 1.29 is 13.9 Å². The molecule has 0 amide bonds. The highest BCUT2D eigenvalue weighted by Gasteiger charge is 2.06. The second-order valence-corrected chi connectivity index (χ2v) is 2.42. The van der Waals surface area contributed by atoms with Gasteiger partial charge in [0, 0.05) is 20.5 Å². The average molecular weight is 169 g/mol. The van der Waals surface area contributed by atoms with Gasteiger partial charge in [0.05, 0.1) is 12.8 Å². The summed E-state index contributed by atoms with van der Waals surface area (Å²) in [5.41, 5.74) is 0. The summed E-state index contributed by atoms with van der Waals surface area (Å²) in [6.45, 7) is 2.00. The van der Waals surface area contributed by atoms with Gasteiger partial charge in [-0.15, -0.1) is 0 Å². The second kappa shape index (κ2) is 4.01. The molecule has 0 aromatic carbocycles. The van der Waals surface area contributed by atoms with Crippen LogP contribution < -0.4 is 0 Å². The molecule has 66 valence electrons. The molecular formula is C8H11NO3. The van der Waals surface area contributed by atoms with Crippen molar-refractivity contribution in [2.75, 3.05) is 13.7 Å². The average Bonchev–Trinajstić information content (AvgIpc) is 2.48. The van der Waals surface area contributed by atoms with E-state index in [0.717, 1.165) is 0 Å². The molecule has 4 heteroatoms. The molecule has 1 aromatic rings. The molecule has 0 saturated heterocycles. The van der Waals surface area contributed by atoms with Gasteiger partial charge in [-0.2, -0.15) is 0 Å². The Labute approximate surface area is 70.5 Å². The van der Waals surface area contributed by atoms with Gasteiger partial charge < -0.3 is 9.15 Å². The van der Waals surface area contributed by atoms with Crippen molar-refractivity contribution in [3.63, 3.8) is 0 Å². The SMILES string of the molecule is COCCc1ncc(C(C)=O)o1. The van der Waals surface area contributed by atoms with Gasteiger partial charge in [-0.1, -0.05) is 0 Å². The number of ether oxygens (including phenoxy) is 1. The highest BCUT2D eigenvalue weighted by Crippen LogP contribution is 2.04. The number of carbonyl (C=O) groups is 1. The van der Waals surface area contributed by atoms with Gasteiger partial charge in [0.2, 0.25) is 0 Å². The minimum absolute atomic E-state index is 0.105. The van der Waals surface area contributed by atoms with Crippen LogP contribution in [0.5, 0.6) is 0 Å². The number of rotatable bonds is 4. The Morgan fingerprint density at radius 2 is 2.50 bits per heavy atom. The zero-order chi connectivity index (χ0) is 8.97. The topological polar surface area (TPSA) is 52.3 Å². The Morgan fingerprint density at radius 3 is 3.00 bits per heavy atom. The fraction of sp³-hybridized carbons (Fsp3) is 0.500. The summed E-state index contributed by atoms with van der Waals surface area (Å²) >= 11 is 0. The molecule has 0 aliphatic heterocycles. The Morgan fingerprint density at radius 1 is 1.75 bits per heavy atom. The maximum atomic E-state index is 10.8. The van der Waals surface area contributed by atoms with Crippen LogP contribution in [0, 0.1) is 0 Å². The lowest BCUT2D eigenvalue weighted by Crippen LogP contribution is -1.94. The molecule has 0 aliphatic carbocycles. The van der Waals surface area contributed by atoms with E-state index >= 15 is 0 Å². The number of methoxy groups -OCH3 is 1. The predicted molar refractivity (Wildman–Crippen MR) is 42.1 cm³/mol. The molecule has 1 aromatic heterocycles. The summed E-state index contributed by atoms with van der Waals surface area (Å²) in [4.78, 5) is 14.7. The highest BCUT2D eigenvalue weighted by molar-refractivity contribution is 5.90. The number of aromatic nitrogens is 1. The third kappa shape index (κ3) is 2.17. The molecule has 0 aliphatic rings. The molecule has 0 bridgehead atoms. The van der Waals surface area contributed by atoms with Crippen molar-refractivity contribution in [1.29, 1.82) is 0 Å². The van der Waals surface area contributed by atoms with Gasteiger partial charge in [-0.25, -0.2) is 4.98 Å². The lowest BCUT2D eigenvalue weighted by atomic mass is 10.4. The van der Waals surface area contributed by atoms with Gasteiger partial charge >= 0.3 is 0 Å². The van der Waals surface area contributed by atoms with Crippen LogP contribution in [-0.4, -0.2) is 24.5 Å². The number of nitrogens with zero attached hydrogens (tertiary/aromatic N) is 1. The molecule has 0 fully saturated rings. The van der Waals surface area contributed by atoms with E-state index < -0.39 is 0 Å². The van der Waals surface area contributed by atoms with Crippen molar-refractivity contribution in [2.45, 2.75) is 13.3 Å². The number of hydrogen-bond donors (Lipinski definition) is 0. The minimum atomic E-state index is -0.105. The fourth-order valence-electron chi connectivity index (χ4n) is 0.778. The summed E-state index contributed by atoms with van der Waals surface area (Å²) < 4.78 is 9.94. The number of hydrogen-bond acceptors (Lipinski definition) is 4. The monoisotopic (exact) mass is 169 g/mol. The molecule has 0 unspecified atom stereocenters. The molecule has 0 radical (unpaired) electrons. The maximum absolute atomic E-state index is 10.8. The third-order valence-corrected chi connectivity index (χ3v) is 1.42. The molecule has 0 N–H and O–H groups in total. The van der Waals surface area contributed by atoms with Crippen molar-refractivity contribution in [3.8, 4) is 0 Å². The van der Waals surface area contributed by atoms with Crippen molar-refractivity contribution in [2.24, 2.45) is 0 Å². The van der Waals surface area contributed by atoms with Crippen LogP contribution in [0.2, 0.25) is 0 Å². The third-order valence-electron chi connectivity index (χ3n) is 1.42. The number of carbonyl (C=O) groups excluding carboxylic acids is 1. The number of oxazole rings is 1. The van der Waals surface area contributed by atoms with Crippen LogP contribution >= 0.6 is 0 Å². The van der Waals surface area contributed by atoms with Gasteiger partial charge in [0.25, 0.3) is 0 Å². The summed E-state index contributed by atoms with van der Waals surface area (Å²) in [5, 5.41) is 0. The first-order valence-corrected chi connectivity index (χ1v) is 3.68. The zero-order valence-corrected chi connectivity index (χ0v) is 7.16. The van der Waals surface area contributed by atoms with Gasteiger partial charge in [-0.3, -0.25) is 4.79 Å². The quantitative estimate of drug-likeness (QED) is 0.632. The van der Waals surface area contributed by atoms with Crippen LogP contribution in [0.4, 0.5) is 0 Å². The van der Waals surface area contributed by atoms with Crippen LogP contribution in [0.15, 0.2) is 10.6 Å². The van der Waals surface area contributed by atoms with Gasteiger partial charge in [0.15, 0.2) is 17.4 Å². The standard InChI is InChI=1S/C8H11NO3/c1-6(10)7-5-9-8(12-7)3-4-11-2/h5H,3-4H2,1-2H3. The molecule has 4 nitrogen and oxygen atoms in total. The minimum Gasteiger partial charge on any atom is -0.438 e. The Balaban J connectivity index is 2.58. The van der Waals surface area contributed by atoms with Crippen LogP contribution in [-0.2, 0) is 11.2 Å². The van der Waals surface area contributed by atoms with E-state index in [1.54, 1.807) is 7.11 Å². The summed E-state index contributed by atoms with van der Waals surface area (Å²) in [5.74, 6) is 0.745. The summed E-state index contributed by atoms with van der Waals surface area (Å²) in [6, 6.07) is 0. The highest BCUT2D eigenvalue weighted by atomic mass is 16.5. The van der Waals surface area contributed by atoms with Gasteiger partial charge in [0.1, 0.15) is 0 Å². The van der Waals surface area contributed by atoms with E-state index in [4.69, 9.17) is 9.15 Å². The fourth-order valence-corrected chi connectivity index (χ4v) is 0.778. The molecule has 0 atom stereocenters. The Hall–Kier alpha value is -1.16. The molecule has 1 rings (SSSR count). The normalized spacial score (nSPS) is 10.2.